The lowest BCUT2D eigenvalue weighted by atomic mass is 10.1. The van der Waals surface area contributed by atoms with Crippen LogP contribution in [-0.4, -0.2) is 30.5 Å². The molecule has 0 fully saturated rings. The van der Waals surface area contributed by atoms with Gasteiger partial charge in [0.25, 0.3) is 11.6 Å². The molecule has 2 aromatic carbocycles. The van der Waals surface area contributed by atoms with Gasteiger partial charge in [-0.2, -0.15) is 0 Å². The average Bonchev–Trinajstić information content (AvgIpc) is 2.61. The Morgan fingerprint density at radius 2 is 1.84 bits per heavy atom. The predicted octanol–water partition coefficient (Wildman–Crippen LogP) is 2.74. The minimum Gasteiger partial charge on any atom is -0.452 e. The van der Waals surface area contributed by atoms with Gasteiger partial charge in [-0.3, -0.25) is 14.9 Å². The summed E-state index contributed by atoms with van der Waals surface area (Å²) in [7, 11) is 1.57. The van der Waals surface area contributed by atoms with Crippen molar-refractivity contribution in [2.45, 2.75) is 6.92 Å². The summed E-state index contributed by atoms with van der Waals surface area (Å²) >= 11 is 0. The largest absolute Gasteiger partial charge is 0.452 e. The Labute approximate surface area is 144 Å². The van der Waals surface area contributed by atoms with Crippen molar-refractivity contribution in [3.8, 4) is 0 Å². The molecule has 0 heterocycles. The molecule has 2 aromatic rings. The van der Waals surface area contributed by atoms with Crippen molar-refractivity contribution in [2.24, 2.45) is 0 Å². The van der Waals surface area contributed by atoms with Gasteiger partial charge in [0.15, 0.2) is 6.61 Å². The second kappa shape index (κ2) is 7.91. The van der Waals surface area contributed by atoms with Gasteiger partial charge in [0.1, 0.15) is 0 Å². The van der Waals surface area contributed by atoms with Crippen LogP contribution in [-0.2, 0) is 9.53 Å². The first kappa shape index (κ1) is 17.9. The van der Waals surface area contributed by atoms with Gasteiger partial charge in [0.05, 0.1) is 10.5 Å². The van der Waals surface area contributed by atoms with Gasteiger partial charge in [0.2, 0.25) is 0 Å². The van der Waals surface area contributed by atoms with Crippen LogP contribution in [0.4, 0.5) is 17.1 Å². The third-order valence-electron chi connectivity index (χ3n) is 3.37. The fraction of sp³-hybridized carbons (Fsp3) is 0.176. The van der Waals surface area contributed by atoms with Gasteiger partial charge in [-0.1, -0.05) is 17.7 Å². The third kappa shape index (κ3) is 4.77. The van der Waals surface area contributed by atoms with Crippen molar-refractivity contribution >= 4 is 28.9 Å². The Kier molecular flexibility index (Phi) is 5.67. The van der Waals surface area contributed by atoms with Crippen LogP contribution in [0.1, 0.15) is 15.9 Å². The summed E-state index contributed by atoms with van der Waals surface area (Å²) in [5.74, 6) is -1.33. The highest BCUT2D eigenvalue weighted by Gasteiger charge is 2.18. The number of aryl methyl sites for hydroxylation is 1. The number of anilines is 2. The summed E-state index contributed by atoms with van der Waals surface area (Å²) in [6, 6.07) is 10.9. The predicted molar refractivity (Wildman–Crippen MR) is 92.7 cm³/mol. The van der Waals surface area contributed by atoms with Gasteiger partial charge in [-0.25, -0.2) is 4.79 Å². The van der Waals surface area contributed by atoms with E-state index in [9.17, 15) is 19.7 Å². The molecule has 0 aliphatic heterocycles. The number of non-ortho nitro benzene ring substituents is 1. The van der Waals surface area contributed by atoms with Crippen LogP contribution in [0.2, 0.25) is 0 Å². The molecule has 8 heteroatoms. The van der Waals surface area contributed by atoms with Crippen LogP contribution in [0.25, 0.3) is 0 Å². The summed E-state index contributed by atoms with van der Waals surface area (Å²) in [5.41, 5.74) is 1.75. The number of rotatable bonds is 6. The Hall–Kier alpha value is -3.42. The van der Waals surface area contributed by atoms with Crippen LogP contribution >= 0.6 is 0 Å². The topological polar surface area (TPSA) is 111 Å². The molecular formula is C17H17N3O5. The van der Waals surface area contributed by atoms with Crippen molar-refractivity contribution in [3.63, 3.8) is 0 Å². The Morgan fingerprint density at radius 1 is 1.16 bits per heavy atom. The molecule has 2 rings (SSSR count). The highest BCUT2D eigenvalue weighted by molar-refractivity contribution is 5.99. The zero-order valence-electron chi connectivity index (χ0n) is 13.7. The number of nitro groups is 1. The number of nitrogens with one attached hydrogen (secondary N) is 2. The Morgan fingerprint density at radius 3 is 2.44 bits per heavy atom. The molecule has 0 saturated heterocycles. The first-order valence-electron chi connectivity index (χ1n) is 7.40. The molecular weight excluding hydrogens is 326 g/mol. The molecule has 0 atom stereocenters. The molecule has 1 amide bonds. The number of esters is 1. The lowest BCUT2D eigenvalue weighted by molar-refractivity contribution is -0.384. The second-order valence-corrected chi connectivity index (χ2v) is 5.23. The average molecular weight is 343 g/mol. The molecule has 0 aliphatic rings. The van der Waals surface area contributed by atoms with Gasteiger partial charge < -0.3 is 15.4 Å². The maximum absolute atomic E-state index is 12.1. The molecule has 0 aliphatic carbocycles. The summed E-state index contributed by atoms with van der Waals surface area (Å²) in [6.07, 6.45) is 0. The molecule has 25 heavy (non-hydrogen) atoms. The fourth-order valence-electron chi connectivity index (χ4n) is 2.08. The minimum atomic E-state index is -0.827. The quantitative estimate of drug-likeness (QED) is 0.474. The zero-order valence-corrected chi connectivity index (χ0v) is 13.7. The van der Waals surface area contributed by atoms with E-state index in [-0.39, 0.29) is 11.3 Å². The van der Waals surface area contributed by atoms with E-state index in [4.69, 9.17) is 4.74 Å². The van der Waals surface area contributed by atoms with Crippen molar-refractivity contribution < 1.29 is 19.2 Å². The number of ether oxygens (including phenoxy) is 1. The second-order valence-electron chi connectivity index (χ2n) is 5.23. The normalized spacial score (nSPS) is 10.0. The van der Waals surface area contributed by atoms with E-state index in [0.29, 0.717) is 11.4 Å². The fourth-order valence-corrected chi connectivity index (χ4v) is 2.08. The zero-order chi connectivity index (χ0) is 18.4. The van der Waals surface area contributed by atoms with Crippen molar-refractivity contribution in [1.29, 1.82) is 0 Å². The van der Waals surface area contributed by atoms with Gasteiger partial charge in [-0.05, 0) is 25.1 Å². The number of nitrogens with zero attached hydrogens (tertiary/aromatic N) is 1. The maximum atomic E-state index is 12.1. The molecule has 2 N–H and O–H groups in total. The number of benzene rings is 2. The molecule has 0 saturated carbocycles. The molecule has 0 spiro atoms. The molecule has 0 radical (unpaired) electrons. The summed E-state index contributed by atoms with van der Waals surface area (Å²) in [6.45, 7) is 1.42. The number of nitro benzene ring substituents is 1. The van der Waals surface area contributed by atoms with Crippen LogP contribution < -0.4 is 10.6 Å². The molecule has 8 nitrogen and oxygen atoms in total. The molecule has 0 aromatic heterocycles. The van der Waals surface area contributed by atoms with E-state index < -0.39 is 23.4 Å². The standard InChI is InChI=1S/C17H17N3O5/c1-11-3-5-12(6-4-11)19-16(21)10-25-17(22)14-9-13(20(23)24)7-8-15(14)18-2/h3-9,18H,10H2,1-2H3,(H,19,21). The Balaban J connectivity index is 2.01. The lowest BCUT2D eigenvalue weighted by Gasteiger charge is -2.10. The summed E-state index contributed by atoms with van der Waals surface area (Å²) < 4.78 is 4.95. The van der Waals surface area contributed by atoms with Gasteiger partial charge in [0, 0.05) is 30.6 Å². The van der Waals surface area contributed by atoms with Crippen LogP contribution in [0.15, 0.2) is 42.5 Å². The summed E-state index contributed by atoms with van der Waals surface area (Å²) in [5, 5.41) is 16.2. The number of carbonyl (C=O) groups is 2. The number of hydrogen-bond acceptors (Lipinski definition) is 6. The van der Waals surface area contributed by atoms with E-state index >= 15 is 0 Å². The van der Waals surface area contributed by atoms with E-state index in [2.05, 4.69) is 10.6 Å². The molecule has 0 bridgehead atoms. The molecule has 0 unspecified atom stereocenters. The van der Waals surface area contributed by atoms with Crippen LogP contribution in [0, 0.1) is 17.0 Å². The van der Waals surface area contributed by atoms with Crippen molar-refractivity contribution in [1.82, 2.24) is 0 Å². The molecule has 130 valence electrons. The van der Waals surface area contributed by atoms with Gasteiger partial charge in [-0.15, -0.1) is 0 Å². The highest BCUT2D eigenvalue weighted by Crippen LogP contribution is 2.22. The number of hydrogen-bond donors (Lipinski definition) is 2. The lowest BCUT2D eigenvalue weighted by Crippen LogP contribution is -2.21. The van der Waals surface area contributed by atoms with Crippen molar-refractivity contribution in [3.05, 3.63) is 63.7 Å². The summed E-state index contributed by atoms with van der Waals surface area (Å²) in [4.78, 5) is 34.2. The van der Waals surface area contributed by atoms with Crippen LogP contribution in [0.3, 0.4) is 0 Å². The number of carbonyl (C=O) groups excluding carboxylic acids is 2. The SMILES string of the molecule is CNc1ccc([N+](=O)[O-])cc1C(=O)OCC(=O)Nc1ccc(C)cc1. The third-order valence-corrected chi connectivity index (χ3v) is 3.37. The van der Waals surface area contributed by atoms with Gasteiger partial charge >= 0.3 is 5.97 Å². The number of amides is 1. The monoisotopic (exact) mass is 343 g/mol. The van der Waals surface area contributed by atoms with E-state index in [1.54, 1.807) is 19.2 Å². The maximum Gasteiger partial charge on any atom is 0.341 e. The van der Waals surface area contributed by atoms with E-state index in [1.165, 1.54) is 12.1 Å². The van der Waals surface area contributed by atoms with E-state index in [0.717, 1.165) is 11.6 Å². The smallest absolute Gasteiger partial charge is 0.341 e. The Bertz CT molecular complexity index is 802. The highest BCUT2D eigenvalue weighted by atomic mass is 16.6. The van der Waals surface area contributed by atoms with Crippen LogP contribution in [0.5, 0.6) is 0 Å². The van der Waals surface area contributed by atoms with E-state index in [1.807, 2.05) is 19.1 Å². The minimum absolute atomic E-state index is 0.0140. The van der Waals surface area contributed by atoms with Crippen molar-refractivity contribution in [2.75, 3.05) is 24.3 Å². The first-order chi connectivity index (χ1) is 11.9. The first-order valence-corrected chi connectivity index (χ1v) is 7.40.